The van der Waals surface area contributed by atoms with E-state index in [4.69, 9.17) is 11.6 Å². The molecule has 2 nitrogen and oxygen atoms in total. The number of unbranched alkanes of at least 4 members (excludes halogenated alkanes) is 1. The highest BCUT2D eigenvalue weighted by molar-refractivity contribution is 6.17. The topological polar surface area (TPSA) is 15.6 Å². The minimum Gasteiger partial charge on any atom is -0.361 e. The summed E-state index contributed by atoms with van der Waals surface area (Å²) in [5.74, 6) is 0.783. The first-order chi connectivity index (χ1) is 4.93. The molecule has 1 rings (SSSR count). The first kappa shape index (κ1) is 11.1. The average molecular weight is 197 g/mol. The van der Waals surface area contributed by atoms with Gasteiger partial charge < -0.3 is 4.90 Å². The molecule has 0 aromatic carbocycles. The first-order valence-corrected chi connectivity index (χ1v) is 4.27. The monoisotopic (exact) mass is 196 g/mol. The van der Waals surface area contributed by atoms with Crippen LogP contribution in [0.25, 0.3) is 0 Å². The molecule has 1 aliphatic rings. The maximum atomic E-state index is 5.53. The van der Waals surface area contributed by atoms with E-state index < -0.39 is 0 Å². The van der Waals surface area contributed by atoms with E-state index in [1.54, 1.807) is 0 Å². The van der Waals surface area contributed by atoms with E-state index in [9.17, 15) is 0 Å². The van der Waals surface area contributed by atoms with E-state index in [0.717, 1.165) is 31.9 Å². The minimum absolute atomic E-state index is 0. The van der Waals surface area contributed by atoms with Crippen LogP contribution in [0.15, 0.2) is 4.99 Å². The van der Waals surface area contributed by atoms with E-state index in [-0.39, 0.29) is 12.4 Å². The zero-order chi connectivity index (χ0) is 7.23. The summed E-state index contributed by atoms with van der Waals surface area (Å²) >= 11 is 5.53. The molecule has 0 aromatic rings. The van der Waals surface area contributed by atoms with E-state index in [1.165, 1.54) is 6.42 Å². The van der Waals surface area contributed by atoms with Gasteiger partial charge in [-0.05, 0) is 12.8 Å². The van der Waals surface area contributed by atoms with Crippen LogP contribution < -0.4 is 0 Å². The van der Waals surface area contributed by atoms with Crippen LogP contribution in [0.3, 0.4) is 0 Å². The van der Waals surface area contributed by atoms with Crippen molar-refractivity contribution in [3.8, 4) is 0 Å². The van der Waals surface area contributed by atoms with Gasteiger partial charge in [-0.3, -0.25) is 4.99 Å². The molecule has 11 heavy (non-hydrogen) atoms. The quantitative estimate of drug-likeness (QED) is 0.495. The molecule has 0 aliphatic carbocycles. The van der Waals surface area contributed by atoms with Gasteiger partial charge in [-0.25, -0.2) is 0 Å². The van der Waals surface area contributed by atoms with Crippen molar-refractivity contribution in [3.63, 3.8) is 0 Å². The lowest BCUT2D eigenvalue weighted by atomic mass is 10.3. The van der Waals surface area contributed by atoms with Gasteiger partial charge in [0.2, 0.25) is 0 Å². The second-order valence-electron chi connectivity index (χ2n) is 2.45. The number of rotatable bonds is 4. The summed E-state index contributed by atoms with van der Waals surface area (Å²) in [6.45, 7) is 3.19. The van der Waals surface area contributed by atoms with Crippen molar-refractivity contribution in [2.24, 2.45) is 4.99 Å². The molecule has 0 radical (unpaired) electrons. The summed E-state index contributed by atoms with van der Waals surface area (Å²) in [7, 11) is 0. The third-order valence-corrected chi connectivity index (χ3v) is 1.86. The zero-order valence-corrected chi connectivity index (χ0v) is 8.07. The van der Waals surface area contributed by atoms with E-state index >= 15 is 0 Å². The van der Waals surface area contributed by atoms with Gasteiger partial charge in [0.15, 0.2) is 0 Å². The van der Waals surface area contributed by atoms with E-state index in [2.05, 4.69) is 9.89 Å². The molecular weight excluding hydrogens is 183 g/mol. The molecule has 0 aromatic heterocycles. The van der Waals surface area contributed by atoms with Crippen LogP contribution in [0.5, 0.6) is 0 Å². The van der Waals surface area contributed by atoms with Gasteiger partial charge in [0.05, 0.1) is 12.9 Å². The Hall–Kier alpha value is 0.0500. The Labute approximate surface area is 79.0 Å². The predicted molar refractivity (Wildman–Crippen MR) is 52.1 cm³/mol. The fourth-order valence-electron chi connectivity index (χ4n) is 0.996. The van der Waals surface area contributed by atoms with Gasteiger partial charge in [-0.15, -0.1) is 24.0 Å². The van der Waals surface area contributed by atoms with Crippen LogP contribution in [0.2, 0.25) is 0 Å². The highest BCUT2D eigenvalue weighted by Gasteiger charge is 2.02. The Bertz CT molecular complexity index is 117. The van der Waals surface area contributed by atoms with Crippen LogP contribution in [0, 0.1) is 0 Å². The fraction of sp³-hybridized carbons (Fsp3) is 0.857. The molecule has 0 bridgehead atoms. The Morgan fingerprint density at radius 3 is 2.82 bits per heavy atom. The summed E-state index contributed by atoms with van der Waals surface area (Å²) < 4.78 is 0. The molecule has 1 aliphatic heterocycles. The first-order valence-electron chi connectivity index (χ1n) is 3.73. The SMILES string of the molecule is Cl.ClCCCCN1C=NCC1. The molecule has 0 N–H and O–H groups in total. The second kappa shape index (κ2) is 6.74. The highest BCUT2D eigenvalue weighted by Crippen LogP contribution is 1.98. The molecule has 0 spiro atoms. The van der Waals surface area contributed by atoms with Crippen molar-refractivity contribution in [1.29, 1.82) is 0 Å². The molecule has 0 saturated carbocycles. The Balaban J connectivity index is 0.000001000. The molecule has 0 fully saturated rings. The molecule has 0 unspecified atom stereocenters. The summed E-state index contributed by atoms with van der Waals surface area (Å²) in [6.07, 6.45) is 4.25. The van der Waals surface area contributed by atoms with Gasteiger partial charge in [0.25, 0.3) is 0 Å². The molecule has 4 heteroatoms. The number of nitrogens with zero attached hydrogens (tertiary/aromatic N) is 2. The van der Waals surface area contributed by atoms with Crippen molar-refractivity contribution in [1.82, 2.24) is 4.90 Å². The lowest BCUT2D eigenvalue weighted by Crippen LogP contribution is -2.20. The van der Waals surface area contributed by atoms with Gasteiger partial charge in [0, 0.05) is 19.0 Å². The molecule has 0 saturated heterocycles. The van der Waals surface area contributed by atoms with Crippen molar-refractivity contribution in [2.45, 2.75) is 12.8 Å². The summed E-state index contributed by atoms with van der Waals surface area (Å²) in [6, 6.07) is 0. The number of hydrogen-bond acceptors (Lipinski definition) is 2. The van der Waals surface area contributed by atoms with Gasteiger partial charge in [-0.1, -0.05) is 0 Å². The Kier molecular flexibility index (Phi) is 6.77. The maximum absolute atomic E-state index is 5.53. The molecule has 0 amide bonds. The van der Waals surface area contributed by atoms with Crippen LogP contribution in [0.4, 0.5) is 0 Å². The zero-order valence-electron chi connectivity index (χ0n) is 6.50. The van der Waals surface area contributed by atoms with Gasteiger partial charge in [-0.2, -0.15) is 0 Å². The average Bonchev–Trinajstić information content (AvgIpc) is 2.41. The van der Waals surface area contributed by atoms with E-state index in [0.29, 0.717) is 0 Å². The fourth-order valence-corrected chi connectivity index (χ4v) is 1.19. The lowest BCUT2D eigenvalue weighted by molar-refractivity contribution is 0.453. The Morgan fingerprint density at radius 2 is 2.27 bits per heavy atom. The maximum Gasteiger partial charge on any atom is 0.0851 e. The summed E-state index contributed by atoms with van der Waals surface area (Å²) in [5.41, 5.74) is 0. The molecule has 0 atom stereocenters. The smallest absolute Gasteiger partial charge is 0.0851 e. The highest BCUT2D eigenvalue weighted by atomic mass is 35.5. The van der Waals surface area contributed by atoms with E-state index in [1.807, 2.05) is 6.34 Å². The van der Waals surface area contributed by atoms with Crippen LogP contribution >= 0.6 is 24.0 Å². The van der Waals surface area contributed by atoms with Crippen molar-refractivity contribution in [2.75, 3.05) is 25.5 Å². The summed E-state index contributed by atoms with van der Waals surface area (Å²) in [5, 5.41) is 0. The van der Waals surface area contributed by atoms with Gasteiger partial charge >= 0.3 is 0 Å². The Morgan fingerprint density at radius 1 is 1.45 bits per heavy atom. The molecule has 66 valence electrons. The third kappa shape index (κ3) is 4.49. The van der Waals surface area contributed by atoms with Crippen molar-refractivity contribution < 1.29 is 0 Å². The number of aliphatic imine (C=N–C) groups is 1. The van der Waals surface area contributed by atoms with Crippen LogP contribution in [0.1, 0.15) is 12.8 Å². The normalized spacial score (nSPS) is 15.2. The number of halogens is 2. The minimum atomic E-state index is 0. The van der Waals surface area contributed by atoms with Crippen LogP contribution in [-0.4, -0.2) is 36.8 Å². The van der Waals surface area contributed by atoms with Crippen LogP contribution in [-0.2, 0) is 0 Å². The second-order valence-corrected chi connectivity index (χ2v) is 2.83. The number of alkyl halides is 1. The lowest BCUT2D eigenvalue weighted by Gasteiger charge is -2.11. The third-order valence-electron chi connectivity index (χ3n) is 1.59. The van der Waals surface area contributed by atoms with Crippen molar-refractivity contribution >= 4 is 30.3 Å². The summed E-state index contributed by atoms with van der Waals surface area (Å²) in [4.78, 5) is 6.35. The molecule has 1 heterocycles. The van der Waals surface area contributed by atoms with Gasteiger partial charge in [0.1, 0.15) is 0 Å². The molecular formula is C7H14Cl2N2. The standard InChI is InChI=1S/C7H13ClN2.ClH/c8-3-1-2-5-10-6-4-9-7-10;/h7H,1-6H2;1H. The number of hydrogen-bond donors (Lipinski definition) is 0. The van der Waals surface area contributed by atoms with Crippen molar-refractivity contribution in [3.05, 3.63) is 0 Å². The predicted octanol–water partition coefficient (Wildman–Crippen LogP) is 1.77. The largest absolute Gasteiger partial charge is 0.361 e.